The predicted molar refractivity (Wildman–Crippen MR) is 30.2 cm³/mol. The third-order valence-electron chi connectivity index (χ3n) is 0.368. The number of hydrogen-bond donors (Lipinski definition) is 2. The first-order valence-electron chi connectivity index (χ1n) is 1.77. The summed E-state index contributed by atoms with van der Waals surface area (Å²) >= 11 is 0. The zero-order valence-electron chi connectivity index (χ0n) is 8.37. The molecule has 7 heteroatoms. The maximum absolute atomic E-state index is 9.55. The molecule has 0 aromatic carbocycles. The molecule has 0 aliphatic rings. The number of carboxylic acid groups (broad SMARTS) is 2. The molecule has 0 saturated carbocycles. The second-order valence-corrected chi connectivity index (χ2v) is 1.01. The van der Waals surface area contributed by atoms with Crippen molar-refractivity contribution in [3.63, 3.8) is 0 Å². The van der Waals surface area contributed by atoms with Crippen molar-refractivity contribution in [3.05, 3.63) is 12.2 Å². The van der Waals surface area contributed by atoms with Gasteiger partial charge >= 0.3 is 71.1 Å². The molecule has 0 aromatic heterocycles. The van der Waals surface area contributed by atoms with E-state index >= 15 is 0 Å². The molecule has 11 heavy (non-hydrogen) atoms. The standard InChI is InChI=1S/C4H4O4.2Na.H2O.2H/c5-3(6)1-2-4(7)8;;;;;/h1-2H,(H,5,6)(H,7,8);;;1H2;;/q;2*+1;;2*-1/b2-1-;;;;;. The van der Waals surface area contributed by atoms with E-state index in [4.69, 9.17) is 10.2 Å². The van der Waals surface area contributed by atoms with Crippen LogP contribution in [0.5, 0.6) is 0 Å². The molecule has 0 bridgehead atoms. The molecule has 0 rings (SSSR count). The third kappa shape index (κ3) is 25.0. The second-order valence-electron chi connectivity index (χ2n) is 1.01. The van der Waals surface area contributed by atoms with Crippen molar-refractivity contribution in [1.82, 2.24) is 0 Å². The Labute approximate surface area is 110 Å². The SMILES string of the molecule is O.O=C(O)/C=C\C(=O)O.[H-].[H-].[Na+].[Na+]. The van der Waals surface area contributed by atoms with E-state index in [9.17, 15) is 9.59 Å². The summed E-state index contributed by atoms with van der Waals surface area (Å²) in [6, 6.07) is 0. The fourth-order valence-corrected chi connectivity index (χ4v) is 0.143. The molecule has 0 radical (unpaired) electrons. The first kappa shape index (κ1) is 22.6. The normalized spacial score (nSPS) is 6.91. The molecule has 0 aromatic rings. The van der Waals surface area contributed by atoms with Gasteiger partial charge in [-0.1, -0.05) is 0 Å². The van der Waals surface area contributed by atoms with Crippen molar-refractivity contribution < 1.29 is 87.2 Å². The zero-order valence-corrected chi connectivity index (χ0v) is 10.4. The van der Waals surface area contributed by atoms with Crippen molar-refractivity contribution in [2.45, 2.75) is 0 Å². The summed E-state index contributed by atoms with van der Waals surface area (Å²) < 4.78 is 0. The molecular weight excluding hydrogens is 174 g/mol. The van der Waals surface area contributed by atoms with Crippen LogP contribution in [0.2, 0.25) is 0 Å². The van der Waals surface area contributed by atoms with Crippen LogP contribution in [0.25, 0.3) is 0 Å². The third-order valence-corrected chi connectivity index (χ3v) is 0.368. The molecule has 0 atom stereocenters. The molecule has 56 valence electrons. The van der Waals surface area contributed by atoms with Crippen LogP contribution in [0, 0.1) is 0 Å². The fourth-order valence-electron chi connectivity index (χ4n) is 0.143. The quantitative estimate of drug-likeness (QED) is 0.327. The van der Waals surface area contributed by atoms with Gasteiger partial charge in [0.15, 0.2) is 0 Å². The van der Waals surface area contributed by atoms with Crippen LogP contribution in [0.4, 0.5) is 0 Å². The summed E-state index contributed by atoms with van der Waals surface area (Å²) in [5.74, 6) is -2.51. The van der Waals surface area contributed by atoms with Crippen molar-refractivity contribution in [1.29, 1.82) is 0 Å². The maximum Gasteiger partial charge on any atom is 1.00 e. The number of aliphatic carboxylic acids is 2. The first-order valence-corrected chi connectivity index (χ1v) is 1.77. The van der Waals surface area contributed by atoms with Gasteiger partial charge in [0.25, 0.3) is 0 Å². The van der Waals surface area contributed by atoms with Gasteiger partial charge in [0, 0.05) is 12.2 Å². The zero-order chi connectivity index (χ0) is 6.57. The van der Waals surface area contributed by atoms with Crippen LogP contribution < -0.4 is 59.1 Å². The molecule has 5 nitrogen and oxygen atoms in total. The molecule has 0 heterocycles. The van der Waals surface area contributed by atoms with E-state index in [1.165, 1.54) is 0 Å². The van der Waals surface area contributed by atoms with Gasteiger partial charge in [-0.3, -0.25) is 0 Å². The van der Waals surface area contributed by atoms with E-state index in [1.54, 1.807) is 0 Å². The van der Waals surface area contributed by atoms with Gasteiger partial charge in [-0.2, -0.15) is 0 Å². The Kier molecular flexibility index (Phi) is 27.2. The van der Waals surface area contributed by atoms with Crippen molar-refractivity contribution >= 4 is 11.9 Å². The Balaban J connectivity index is -0.0000000245. The van der Waals surface area contributed by atoms with E-state index in [2.05, 4.69) is 0 Å². The summed E-state index contributed by atoms with van der Waals surface area (Å²) in [5, 5.41) is 15.6. The number of carboxylic acids is 2. The van der Waals surface area contributed by atoms with Crippen LogP contribution >= 0.6 is 0 Å². The molecule has 0 fully saturated rings. The minimum absolute atomic E-state index is 0. The van der Waals surface area contributed by atoms with Gasteiger partial charge in [-0.25, -0.2) is 9.59 Å². The van der Waals surface area contributed by atoms with Crippen molar-refractivity contribution in [3.8, 4) is 0 Å². The van der Waals surface area contributed by atoms with E-state index in [-0.39, 0.29) is 67.4 Å². The molecule has 0 aliphatic heterocycles. The Hall–Kier alpha value is 0.640. The van der Waals surface area contributed by atoms with Gasteiger partial charge in [0.1, 0.15) is 0 Å². The Morgan fingerprint density at radius 3 is 1.27 bits per heavy atom. The molecular formula is C4H8Na2O5. The Morgan fingerprint density at radius 1 is 1.00 bits per heavy atom. The van der Waals surface area contributed by atoms with Crippen molar-refractivity contribution in [2.24, 2.45) is 0 Å². The number of rotatable bonds is 2. The largest absolute Gasteiger partial charge is 1.00 e. The molecule has 0 unspecified atom stereocenters. The monoisotopic (exact) mass is 182 g/mol. The predicted octanol–water partition coefficient (Wildman–Crippen LogP) is -6.88. The number of carbonyl (C=O) groups is 2. The van der Waals surface area contributed by atoms with E-state index in [1.807, 2.05) is 0 Å². The second kappa shape index (κ2) is 13.2. The molecule has 0 spiro atoms. The van der Waals surface area contributed by atoms with E-state index in [0.29, 0.717) is 12.2 Å². The van der Waals surface area contributed by atoms with Crippen LogP contribution in [0.1, 0.15) is 2.85 Å². The minimum Gasteiger partial charge on any atom is -1.00 e. The van der Waals surface area contributed by atoms with Crippen molar-refractivity contribution in [2.75, 3.05) is 0 Å². The van der Waals surface area contributed by atoms with Gasteiger partial charge < -0.3 is 18.5 Å². The molecule has 0 aliphatic carbocycles. The first-order chi connectivity index (χ1) is 3.63. The Bertz CT molecular complexity index is 135. The summed E-state index contributed by atoms with van der Waals surface area (Å²) in [4.78, 5) is 19.1. The van der Waals surface area contributed by atoms with Crippen LogP contribution in [-0.2, 0) is 9.59 Å². The smallest absolute Gasteiger partial charge is 1.00 e. The van der Waals surface area contributed by atoms with Crippen LogP contribution in [0.15, 0.2) is 12.2 Å². The summed E-state index contributed by atoms with van der Waals surface area (Å²) in [6.07, 6.45) is 1.12. The number of hydrogen-bond acceptors (Lipinski definition) is 2. The summed E-state index contributed by atoms with van der Waals surface area (Å²) in [7, 11) is 0. The van der Waals surface area contributed by atoms with E-state index in [0.717, 1.165) is 0 Å². The van der Waals surface area contributed by atoms with Gasteiger partial charge in [0.05, 0.1) is 0 Å². The molecule has 0 amide bonds. The summed E-state index contributed by atoms with van der Waals surface area (Å²) in [5.41, 5.74) is 0. The fraction of sp³-hybridized carbons (Fsp3) is 0. The van der Waals surface area contributed by atoms with Crippen LogP contribution in [-0.4, -0.2) is 27.6 Å². The van der Waals surface area contributed by atoms with Crippen LogP contribution in [0.3, 0.4) is 0 Å². The van der Waals surface area contributed by atoms with E-state index < -0.39 is 11.9 Å². The molecule has 4 N–H and O–H groups in total. The van der Waals surface area contributed by atoms with Gasteiger partial charge in [-0.05, 0) is 0 Å². The topological polar surface area (TPSA) is 106 Å². The average Bonchev–Trinajstić information content (AvgIpc) is 1.61. The Morgan fingerprint density at radius 2 is 1.18 bits per heavy atom. The average molecular weight is 182 g/mol. The van der Waals surface area contributed by atoms with Gasteiger partial charge in [0.2, 0.25) is 0 Å². The van der Waals surface area contributed by atoms with Gasteiger partial charge in [-0.15, -0.1) is 0 Å². The summed E-state index contributed by atoms with van der Waals surface area (Å²) in [6.45, 7) is 0. The minimum atomic E-state index is -1.26. The molecule has 0 saturated heterocycles. The maximum atomic E-state index is 9.55.